The highest BCUT2D eigenvalue weighted by atomic mass is 16.5. The van der Waals surface area contributed by atoms with Crippen molar-refractivity contribution in [2.45, 2.75) is 6.42 Å². The van der Waals surface area contributed by atoms with Crippen molar-refractivity contribution in [3.8, 4) is 5.75 Å². The normalized spacial score (nSPS) is 14.2. The van der Waals surface area contributed by atoms with Crippen LogP contribution in [0.2, 0.25) is 0 Å². The van der Waals surface area contributed by atoms with Gasteiger partial charge in [0.25, 0.3) is 5.91 Å². The number of nitrogens with zero attached hydrogens (tertiary/aromatic N) is 3. The number of hydrogen-bond acceptors (Lipinski definition) is 9. The molecule has 0 atom stereocenters. The summed E-state index contributed by atoms with van der Waals surface area (Å²) >= 11 is 0. The molecule has 1 aromatic heterocycles. The molecule has 10 nitrogen and oxygen atoms in total. The van der Waals surface area contributed by atoms with E-state index in [0.29, 0.717) is 28.6 Å². The average molecular weight is 401 g/mol. The Bertz CT molecular complexity index is 812. The van der Waals surface area contributed by atoms with Crippen molar-refractivity contribution in [3.63, 3.8) is 0 Å². The Balaban J connectivity index is 1.51. The number of benzene rings is 1. The maximum Gasteiger partial charge on any atom is 0.273 e. The van der Waals surface area contributed by atoms with Crippen molar-refractivity contribution in [3.05, 3.63) is 36.2 Å². The Morgan fingerprint density at radius 3 is 2.79 bits per heavy atom. The molecule has 3 rings (SSSR count). The fourth-order valence-electron chi connectivity index (χ4n) is 2.99. The van der Waals surface area contributed by atoms with Crippen molar-refractivity contribution >= 4 is 23.2 Å². The Hall–Kier alpha value is -3.11. The molecule has 0 unspecified atom stereocenters. The number of nitrogens with one attached hydrogen (secondary N) is 3. The molecule has 1 fully saturated rings. The summed E-state index contributed by atoms with van der Waals surface area (Å²) in [5.74, 6) is 0.959. The van der Waals surface area contributed by atoms with Gasteiger partial charge in [0.05, 0.1) is 25.9 Å². The highest BCUT2D eigenvalue weighted by Crippen LogP contribution is 2.22. The van der Waals surface area contributed by atoms with Gasteiger partial charge in [-0.3, -0.25) is 20.5 Å². The highest BCUT2D eigenvalue weighted by molar-refractivity contribution is 5.97. The van der Waals surface area contributed by atoms with Gasteiger partial charge in [0.15, 0.2) is 11.6 Å². The number of carbonyl (C=O) groups excluding carboxylic acids is 1. The first kappa shape index (κ1) is 20.6. The molecule has 1 aromatic carbocycles. The van der Waals surface area contributed by atoms with Crippen molar-refractivity contribution < 1.29 is 14.3 Å². The molecule has 0 spiro atoms. The van der Waals surface area contributed by atoms with Crippen LogP contribution in [-0.4, -0.2) is 67.3 Å². The molecule has 2 aromatic rings. The zero-order valence-corrected chi connectivity index (χ0v) is 16.5. The predicted octanol–water partition coefficient (Wildman–Crippen LogP) is 0.959. The zero-order chi connectivity index (χ0) is 20.5. The summed E-state index contributed by atoms with van der Waals surface area (Å²) in [6, 6.07) is 6.94. The van der Waals surface area contributed by atoms with Gasteiger partial charge in [-0.2, -0.15) is 0 Å². The van der Waals surface area contributed by atoms with Gasteiger partial charge in [-0.25, -0.2) is 9.97 Å². The molecular weight excluding hydrogens is 374 g/mol. The second kappa shape index (κ2) is 10.4. The minimum Gasteiger partial charge on any atom is -0.496 e. The van der Waals surface area contributed by atoms with Crippen LogP contribution in [0.15, 0.2) is 30.6 Å². The molecule has 2 heterocycles. The summed E-state index contributed by atoms with van der Waals surface area (Å²) in [6.07, 6.45) is 2.34. The van der Waals surface area contributed by atoms with Crippen LogP contribution in [-0.2, 0) is 4.74 Å². The number of aromatic nitrogens is 2. The van der Waals surface area contributed by atoms with E-state index in [9.17, 15) is 4.79 Å². The number of morpholine rings is 1. The highest BCUT2D eigenvalue weighted by Gasteiger charge is 2.14. The van der Waals surface area contributed by atoms with Crippen LogP contribution in [0.25, 0.3) is 0 Å². The van der Waals surface area contributed by atoms with Crippen molar-refractivity contribution in [1.82, 2.24) is 20.3 Å². The quantitative estimate of drug-likeness (QED) is 0.359. The summed E-state index contributed by atoms with van der Waals surface area (Å²) in [6.45, 7) is 5.24. The Morgan fingerprint density at radius 1 is 1.24 bits per heavy atom. The topological polar surface area (TPSA) is 127 Å². The van der Waals surface area contributed by atoms with Gasteiger partial charge in [-0.1, -0.05) is 12.1 Å². The number of nitrogen functional groups attached to an aromatic ring is 1. The third-order valence-electron chi connectivity index (χ3n) is 4.58. The SMILES string of the molecule is COc1ccccc1C(=O)NNc1ncnc(NCCCN2CCOCC2)c1N. The molecule has 29 heavy (non-hydrogen) atoms. The number of methoxy groups -OCH3 is 1. The van der Waals surface area contributed by atoms with Gasteiger partial charge in [0.1, 0.15) is 17.8 Å². The molecular formula is C19H27N7O3. The van der Waals surface area contributed by atoms with E-state index in [2.05, 4.69) is 31.0 Å². The number of amides is 1. The lowest BCUT2D eigenvalue weighted by Gasteiger charge is -2.26. The van der Waals surface area contributed by atoms with E-state index in [0.717, 1.165) is 45.8 Å². The fraction of sp³-hybridized carbons (Fsp3) is 0.421. The number of hydrogen-bond donors (Lipinski definition) is 4. The number of nitrogens with two attached hydrogens (primary N) is 1. The molecule has 1 amide bonds. The van der Waals surface area contributed by atoms with Gasteiger partial charge in [0.2, 0.25) is 0 Å². The number of ether oxygens (including phenoxy) is 2. The first-order valence-electron chi connectivity index (χ1n) is 9.53. The van der Waals surface area contributed by atoms with Crippen molar-refractivity contribution in [2.24, 2.45) is 0 Å². The smallest absolute Gasteiger partial charge is 0.273 e. The van der Waals surface area contributed by atoms with Crippen molar-refractivity contribution in [1.29, 1.82) is 0 Å². The van der Waals surface area contributed by atoms with E-state index in [-0.39, 0.29) is 5.91 Å². The van der Waals surface area contributed by atoms with Gasteiger partial charge < -0.3 is 20.5 Å². The molecule has 5 N–H and O–H groups in total. The van der Waals surface area contributed by atoms with Gasteiger partial charge in [-0.15, -0.1) is 0 Å². The third-order valence-corrected chi connectivity index (χ3v) is 4.58. The molecule has 156 valence electrons. The minimum absolute atomic E-state index is 0.318. The van der Waals surface area contributed by atoms with Crippen LogP contribution in [0.4, 0.5) is 17.3 Å². The molecule has 0 aliphatic carbocycles. The molecule has 1 saturated heterocycles. The number of carbonyl (C=O) groups is 1. The zero-order valence-electron chi connectivity index (χ0n) is 16.5. The number of hydrazine groups is 1. The monoisotopic (exact) mass is 401 g/mol. The summed E-state index contributed by atoms with van der Waals surface area (Å²) in [7, 11) is 1.51. The maximum atomic E-state index is 12.4. The second-order valence-electron chi connectivity index (χ2n) is 6.50. The largest absolute Gasteiger partial charge is 0.496 e. The predicted molar refractivity (Wildman–Crippen MR) is 111 cm³/mol. The fourth-order valence-corrected chi connectivity index (χ4v) is 2.99. The maximum absolute atomic E-state index is 12.4. The van der Waals surface area contributed by atoms with Gasteiger partial charge >= 0.3 is 0 Å². The summed E-state index contributed by atoms with van der Waals surface area (Å²) in [5, 5.41) is 3.22. The number of anilines is 3. The summed E-state index contributed by atoms with van der Waals surface area (Å²) < 4.78 is 10.6. The van der Waals surface area contributed by atoms with Crippen LogP contribution >= 0.6 is 0 Å². The van der Waals surface area contributed by atoms with Crippen LogP contribution in [0.1, 0.15) is 16.8 Å². The standard InChI is InChI=1S/C19H27N7O3/c1-28-15-6-3-2-5-14(15)19(27)25-24-18-16(20)17(22-13-23-18)21-7-4-8-26-9-11-29-12-10-26/h2-3,5-6,13H,4,7-12,20H2,1H3,(H,25,27)(H2,21,22,23,24). The van der Waals surface area contributed by atoms with Gasteiger partial charge in [0, 0.05) is 19.6 Å². The van der Waals surface area contributed by atoms with Crippen LogP contribution in [0.5, 0.6) is 5.75 Å². The molecule has 10 heteroatoms. The van der Waals surface area contributed by atoms with E-state index in [4.69, 9.17) is 15.2 Å². The van der Waals surface area contributed by atoms with E-state index in [1.807, 2.05) is 0 Å². The van der Waals surface area contributed by atoms with Crippen LogP contribution in [0.3, 0.4) is 0 Å². The van der Waals surface area contributed by atoms with Crippen molar-refractivity contribution in [2.75, 3.05) is 63.0 Å². The first-order valence-corrected chi connectivity index (χ1v) is 9.53. The molecule has 1 aliphatic rings. The van der Waals surface area contributed by atoms with E-state index in [1.54, 1.807) is 24.3 Å². The molecule has 0 saturated carbocycles. The lowest BCUT2D eigenvalue weighted by Crippen LogP contribution is -2.37. The van der Waals surface area contributed by atoms with E-state index < -0.39 is 0 Å². The second-order valence-corrected chi connectivity index (χ2v) is 6.50. The summed E-state index contributed by atoms with van der Waals surface area (Å²) in [5.41, 5.74) is 12.2. The lowest BCUT2D eigenvalue weighted by atomic mass is 10.2. The Labute approximate surface area is 169 Å². The third kappa shape index (κ3) is 5.69. The average Bonchev–Trinajstić information content (AvgIpc) is 2.77. The lowest BCUT2D eigenvalue weighted by molar-refractivity contribution is 0.0378. The molecule has 1 aliphatic heterocycles. The molecule has 0 radical (unpaired) electrons. The van der Waals surface area contributed by atoms with E-state index >= 15 is 0 Å². The first-order chi connectivity index (χ1) is 14.2. The molecule has 0 bridgehead atoms. The van der Waals surface area contributed by atoms with E-state index in [1.165, 1.54) is 13.4 Å². The summed E-state index contributed by atoms with van der Waals surface area (Å²) in [4.78, 5) is 23.0. The Morgan fingerprint density at radius 2 is 2.00 bits per heavy atom. The van der Waals surface area contributed by atoms with Crippen LogP contribution < -0.4 is 26.6 Å². The van der Waals surface area contributed by atoms with Gasteiger partial charge in [-0.05, 0) is 25.1 Å². The number of rotatable bonds is 9. The number of para-hydroxylation sites is 1. The Kier molecular flexibility index (Phi) is 7.42. The van der Waals surface area contributed by atoms with Crippen LogP contribution in [0, 0.1) is 0 Å². The minimum atomic E-state index is -0.361.